The molecule has 0 amide bonds. The molecule has 0 aromatic heterocycles. The maximum Gasteiger partial charge on any atom is 0.110 e. The third-order valence-corrected chi connectivity index (χ3v) is 0.733. The van der Waals surface area contributed by atoms with Crippen molar-refractivity contribution in [3.8, 4) is 0 Å². The second kappa shape index (κ2) is 2.68. The van der Waals surface area contributed by atoms with Crippen LogP contribution in [0.25, 0.3) is 0 Å². The van der Waals surface area contributed by atoms with E-state index in [2.05, 4.69) is 12.3 Å². The van der Waals surface area contributed by atoms with Crippen molar-refractivity contribution in [2.75, 3.05) is 6.61 Å². The van der Waals surface area contributed by atoms with E-state index < -0.39 is 5.60 Å². The van der Waals surface area contributed by atoms with Crippen molar-refractivity contribution in [1.82, 2.24) is 0 Å². The van der Waals surface area contributed by atoms with Crippen LogP contribution >= 0.6 is 0 Å². The van der Waals surface area contributed by atoms with Gasteiger partial charge >= 0.3 is 0 Å². The highest BCUT2D eigenvalue weighted by Crippen LogP contribution is 2.00. The fourth-order valence-electron chi connectivity index (χ4n) is 0.266. The lowest BCUT2D eigenvalue weighted by atomic mass is 10.1. The fourth-order valence-corrected chi connectivity index (χ4v) is 0.266. The summed E-state index contributed by atoms with van der Waals surface area (Å²) in [6.45, 7) is 4.42. The number of rotatable bonds is 2. The summed E-state index contributed by atoms with van der Waals surface area (Å²) in [6, 6.07) is 0. The molecule has 1 unspecified atom stereocenters. The normalized spacial score (nSPS) is 16.4. The van der Waals surface area contributed by atoms with E-state index in [4.69, 9.17) is 10.2 Å². The molecule has 8 heavy (non-hydrogen) atoms. The third kappa shape index (κ3) is 2.59. The van der Waals surface area contributed by atoms with Crippen molar-refractivity contribution in [3.05, 3.63) is 18.4 Å². The van der Waals surface area contributed by atoms with Crippen molar-refractivity contribution in [1.29, 1.82) is 0 Å². The highest BCUT2D eigenvalue weighted by atomic mass is 16.3. The van der Waals surface area contributed by atoms with Gasteiger partial charge in [0, 0.05) is 0 Å². The van der Waals surface area contributed by atoms with Crippen molar-refractivity contribution in [2.45, 2.75) is 12.5 Å². The Morgan fingerprint density at radius 1 is 1.88 bits per heavy atom. The van der Waals surface area contributed by atoms with Crippen LogP contribution in [0.15, 0.2) is 18.4 Å². The molecule has 0 heterocycles. The molecular formula is C6H10O2. The lowest BCUT2D eigenvalue weighted by Crippen LogP contribution is -2.25. The van der Waals surface area contributed by atoms with E-state index in [1.165, 1.54) is 13.0 Å². The van der Waals surface area contributed by atoms with Gasteiger partial charge in [0.15, 0.2) is 0 Å². The van der Waals surface area contributed by atoms with Crippen LogP contribution in [0.2, 0.25) is 0 Å². The highest BCUT2D eigenvalue weighted by Gasteiger charge is 2.12. The van der Waals surface area contributed by atoms with E-state index >= 15 is 0 Å². The van der Waals surface area contributed by atoms with E-state index in [9.17, 15) is 0 Å². The molecule has 0 saturated carbocycles. The minimum Gasteiger partial charge on any atom is -0.393 e. The number of hydrogen-bond donors (Lipinski definition) is 2. The fraction of sp³-hybridized carbons (Fsp3) is 0.500. The Labute approximate surface area is 48.8 Å². The van der Waals surface area contributed by atoms with Gasteiger partial charge < -0.3 is 10.2 Å². The lowest BCUT2D eigenvalue weighted by Gasteiger charge is -2.11. The van der Waals surface area contributed by atoms with Gasteiger partial charge in [0.1, 0.15) is 5.60 Å². The minimum atomic E-state index is -1.15. The average molecular weight is 114 g/mol. The average Bonchev–Trinajstić information content (AvgIpc) is 1.67. The van der Waals surface area contributed by atoms with Crippen LogP contribution in [0.1, 0.15) is 6.92 Å². The molecule has 0 saturated heterocycles. The third-order valence-electron chi connectivity index (χ3n) is 0.733. The van der Waals surface area contributed by atoms with Gasteiger partial charge in [-0.2, -0.15) is 0 Å². The van der Waals surface area contributed by atoms with Crippen LogP contribution in [0, 0.1) is 0 Å². The second-order valence-corrected chi connectivity index (χ2v) is 1.86. The maximum absolute atomic E-state index is 8.92. The number of aliphatic hydroxyl groups is 2. The Morgan fingerprint density at radius 2 is 2.38 bits per heavy atom. The van der Waals surface area contributed by atoms with Gasteiger partial charge in [0.2, 0.25) is 0 Å². The zero-order valence-electron chi connectivity index (χ0n) is 4.89. The second-order valence-electron chi connectivity index (χ2n) is 1.86. The van der Waals surface area contributed by atoms with Gasteiger partial charge in [-0.1, -0.05) is 6.58 Å². The molecule has 0 aliphatic heterocycles. The maximum atomic E-state index is 8.92. The standard InChI is InChI=1S/C6H10O2/c1-3-4-6(2,8)5-7/h4,7-8H,1,5H2,2H3. The van der Waals surface area contributed by atoms with Crippen LogP contribution in [0.4, 0.5) is 0 Å². The molecule has 0 spiro atoms. The molecular weight excluding hydrogens is 104 g/mol. The minimum absolute atomic E-state index is 0.296. The van der Waals surface area contributed by atoms with E-state index in [0.29, 0.717) is 0 Å². The van der Waals surface area contributed by atoms with Crippen LogP contribution in [-0.2, 0) is 0 Å². The van der Waals surface area contributed by atoms with Crippen LogP contribution in [0.3, 0.4) is 0 Å². The first-order chi connectivity index (χ1) is 3.62. The summed E-state index contributed by atoms with van der Waals surface area (Å²) in [4.78, 5) is 0. The molecule has 2 heteroatoms. The first kappa shape index (κ1) is 7.44. The molecule has 0 bridgehead atoms. The van der Waals surface area contributed by atoms with Crippen molar-refractivity contribution >= 4 is 0 Å². The van der Waals surface area contributed by atoms with E-state index in [-0.39, 0.29) is 6.61 Å². The first-order valence-corrected chi connectivity index (χ1v) is 2.32. The van der Waals surface area contributed by atoms with Crippen molar-refractivity contribution < 1.29 is 10.2 Å². The van der Waals surface area contributed by atoms with Crippen LogP contribution < -0.4 is 0 Å². The molecule has 1 atom stereocenters. The molecule has 0 aliphatic carbocycles. The Kier molecular flexibility index (Phi) is 2.49. The monoisotopic (exact) mass is 114 g/mol. The zero-order chi connectivity index (χ0) is 6.62. The molecule has 0 fully saturated rings. The molecule has 0 radical (unpaired) electrons. The van der Waals surface area contributed by atoms with E-state index in [0.717, 1.165) is 0 Å². The van der Waals surface area contributed by atoms with E-state index in [1.54, 1.807) is 0 Å². The summed E-state index contributed by atoms with van der Waals surface area (Å²) >= 11 is 0. The van der Waals surface area contributed by atoms with Crippen molar-refractivity contribution in [2.24, 2.45) is 0 Å². The van der Waals surface area contributed by atoms with Crippen LogP contribution in [0.5, 0.6) is 0 Å². The smallest absolute Gasteiger partial charge is 0.110 e. The summed E-state index contributed by atoms with van der Waals surface area (Å²) in [5.41, 5.74) is 1.22. The SMILES string of the molecule is C=C=CC(C)(O)CO. The Bertz CT molecular complexity index is 110. The largest absolute Gasteiger partial charge is 0.393 e. The Balaban J connectivity index is 3.90. The van der Waals surface area contributed by atoms with Gasteiger partial charge in [-0.25, -0.2) is 0 Å². The summed E-state index contributed by atoms with van der Waals surface area (Å²) < 4.78 is 0. The van der Waals surface area contributed by atoms with Gasteiger partial charge in [-0.05, 0) is 13.0 Å². The molecule has 0 rings (SSSR count). The first-order valence-electron chi connectivity index (χ1n) is 2.32. The quantitative estimate of drug-likeness (QED) is 0.499. The molecule has 2 N–H and O–H groups in total. The number of aliphatic hydroxyl groups excluding tert-OH is 1. The van der Waals surface area contributed by atoms with Gasteiger partial charge in [0.25, 0.3) is 0 Å². The predicted octanol–water partition coefficient (Wildman–Crippen LogP) is 0.0708. The number of hydrogen-bond acceptors (Lipinski definition) is 2. The summed E-state index contributed by atoms with van der Waals surface area (Å²) in [5, 5.41) is 17.3. The zero-order valence-corrected chi connectivity index (χ0v) is 4.89. The summed E-state index contributed by atoms with van der Waals surface area (Å²) in [5.74, 6) is 0. The summed E-state index contributed by atoms with van der Waals surface area (Å²) in [6.07, 6.45) is 1.31. The predicted molar refractivity (Wildman–Crippen MR) is 31.4 cm³/mol. The van der Waals surface area contributed by atoms with Gasteiger partial charge in [-0.3, -0.25) is 0 Å². The van der Waals surface area contributed by atoms with Gasteiger partial charge in [0.05, 0.1) is 6.61 Å². The molecule has 2 nitrogen and oxygen atoms in total. The molecule has 46 valence electrons. The lowest BCUT2D eigenvalue weighted by molar-refractivity contribution is 0.0437. The molecule has 0 aromatic rings. The summed E-state index contributed by atoms with van der Waals surface area (Å²) in [7, 11) is 0. The van der Waals surface area contributed by atoms with Crippen molar-refractivity contribution in [3.63, 3.8) is 0 Å². The topological polar surface area (TPSA) is 40.5 Å². The molecule has 0 aliphatic rings. The molecule has 0 aromatic carbocycles. The van der Waals surface area contributed by atoms with E-state index in [1.807, 2.05) is 0 Å². The Hall–Kier alpha value is -0.560. The van der Waals surface area contributed by atoms with Gasteiger partial charge in [-0.15, -0.1) is 5.73 Å². The Morgan fingerprint density at radius 3 is 2.50 bits per heavy atom. The highest BCUT2D eigenvalue weighted by molar-refractivity contribution is 4.94. The van der Waals surface area contributed by atoms with Crippen LogP contribution in [-0.4, -0.2) is 22.4 Å².